The number of carbonyl (C=O) groups is 2. The van der Waals surface area contributed by atoms with Crippen molar-refractivity contribution in [3.05, 3.63) is 38.2 Å². The number of thiazole rings is 1. The summed E-state index contributed by atoms with van der Waals surface area (Å²) in [7, 11) is 1.25. The Morgan fingerprint density at radius 2 is 2.07 bits per heavy atom. The SMILES string of the molecule is CCOC(=O)c1csc(NC(=O)C(C)(C)n2cnc3c(=O)[nH]c(=O)n(OC)c32)n1. The maximum Gasteiger partial charge on any atom is 0.363 e. The molecule has 0 spiro atoms. The average Bonchev–Trinajstić information content (AvgIpc) is 3.30. The molecule has 0 bridgehead atoms. The van der Waals surface area contributed by atoms with E-state index in [1.807, 2.05) is 0 Å². The first-order valence-electron chi connectivity index (χ1n) is 8.42. The number of imidazole rings is 1. The van der Waals surface area contributed by atoms with Gasteiger partial charge < -0.3 is 9.57 Å². The Labute approximate surface area is 167 Å². The number of aromatic nitrogens is 5. The zero-order valence-corrected chi connectivity index (χ0v) is 16.8. The molecular weight excluding hydrogens is 404 g/mol. The number of nitrogens with zero attached hydrogens (tertiary/aromatic N) is 4. The van der Waals surface area contributed by atoms with Crippen LogP contribution in [0.4, 0.5) is 5.13 Å². The topological polar surface area (TPSA) is 150 Å². The largest absolute Gasteiger partial charge is 0.461 e. The Balaban J connectivity index is 1.97. The van der Waals surface area contributed by atoms with Crippen molar-refractivity contribution in [2.45, 2.75) is 26.3 Å². The van der Waals surface area contributed by atoms with Crippen molar-refractivity contribution < 1.29 is 19.2 Å². The minimum Gasteiger partial charge on any atom is -0.461 e. The number of rotatable bonds is 6. The zero-order chi connectivity index (χ0) is 21.3. The van der Waals surface area contributed by atoms with E-state index >= 15 is 0 Å². The van der Waals surface area contributed by atoms with Crippen LogP contribution in [0, 0.1) is 0 Å². The van der Waals surface area contributed by atoms with Crippen molar-refractivity contribution in [3.63, 3.8) is 0 Å². The van der Waals surface area contributed by atoms with Gasteiger partial charge in [-0.3, -0.25) is 24.5 Å². The molecule has 3 rings (SSSR count). The van der Waals surface area contributed by atoms with E-state index in [0.717, 1.165) is 16.1 Å². The van der Waals surface area contributed by atoms with Crippen LogP contribution in [0.25, 0.3) is 11.2 Å². The highest BCUT2D eigenvalue weighted by Crippen LogP contribution is 2.24. The van der Waals surface area contributed by atoms with E-state index in [9.17, 15) is 19.2 Å². The monoisotopic (exact) mass is 422 g/mol. The van der Waals surface area contributed by atoms with Crippen molar-refractivity contribution in [2.75, 3.05) is 19.0 Å². The molecule has 0 saturated carbocycles. The number of amides is 1. The number of esters is 1. The van der Waals surface area contributed by atoms with E-state index in [0.29, 0.717) is 0 Å². The smallest absolute Gasteiger partial charge is 0.363 e. The number of aromatic amines is 1. The van der Waals surface area contributed by atoms with E-state index in [1.54, 1.807) is 20.8 Å². The van der Waals surface area contributed by atoms with Crippen LogP contribution in [-0.2, 0) is 15.1 Å². The summed E-state index contributed by atoms with van der Waals surface area (Å²) in [5, 5.41) is 4.28. The molecule has 0 aliphatic heterocycles. The summed E-state index contributed by atoms with van der Waals surface area (Å²) in [4.78, 5) is 63.9. The highest BCUT2D eigenvalue weighted by Gasteiger charge is 2.34. The molecule has 1 amide bonds. The summed E-state index contributed by atoms with van der Waals surface area (Å²) in [6, 6.07) is 0. The number of carbonyl (C=O) groups excluding carboxylic acids is 2. The summed E-state index contributed by atoms with van der Waals surface area (Å²) in [6.45, 7) is 5.01. The first-order valence-corrected chi connectivity index (χ1v) is 9.30. The third-order valence-corrected chi connectivity index (χ3v) is 4.86. The van der Waals surface area contributed by atoms with E-state index in [-0.39, 0.29) is 28.6 Å². The summed E-state index contributed by atoms with van der Waals surface area (Å²) in [5.74, 6) is -1.11. The van der Waals surface area contributed by atoms with Gasteiger partial charge in [-0.2, -0.15) is 0 Å². The van der Waals surface area contributed by atoms with Crippen LogP contribution in [-0.4, -0.2) is 49.8 Å². The van der Waals surface area contributed by atoms with Crippen molar-refractivity contribution in [3.8, 4) is 0 Å². The predicted octanol–water partition coefficient (Wildman–Crippen LogP) is -0.0483. The number of H-pyrrole nitrogens is 1. The molecule has 0 aliphatic carbocycles. The fourth-order valence-electron chi connectivity index (χ4n) is 2.57. The maximum atomic E-state index is 12.9. The van der Waals surface area contributed by atoms with Crippen LogP contribution in [0.3, 0.4) is 0 Å². The molecule has 0 atom stereocenters. The molecular formula is C16H18N6O6S. The molecule has 2 N–H and O–H groups in total. The second-order valence-corrected chi connectivity index (χ2v) is 7.15. The van der Waals surface area contributed by atoms with Gasteiger partial charge in [-0.05, 0) is 20.8 Å². The molecule has 0 aromatic carbocycles. The minimum absolute atomic E-state index is 0.0211. The fourth-order valence-corrected chi connectivity index (χ4v) is 3.24. The van der Waals surface area contributed by atoms with Crippen LogP contribution < -0.4 is 21.4 Å². The van der Waals surface area contributed by atoms with E-state index in [1.165, 1.54) is 23.4 Å². The van der Waals surface area contributed by atoms with Crippen LogP contribution in [0.5, 0.6) is 0 Å². The van der Waals surface area contributed by atoms with Crippen LogP contribution in [0.1, 0.15) is 31.3 Å². The highest BCUT2D eigenvalue weighted by atomic mass is 32.1. The standard InChI is InChI=1S/C16H18N6O6S/c1-5-28-12(24)8-6-29-14(18-8)20-13(25)16(2,3)21-7-17-9-10(23)19-15(26)22(27-4)11(9)21/h6-7H,5H2,1-4H3,(H,18,20,25)(H,19,23,26). The number of hydrogen-bond donors (Lipinski definition) is 2. The predicted molar refractivity (Wildman–Crippen MR) is 103 cm³/mol. The normalized spacial score (nSPS) is 11.4. The van der Waals surface area contributed by atoms with E-state index < -0.39 is 28.7 Å². The van der Waals surface area contributed by atoms with Gasteiger partial charge in [0.1, 0.15) is 12.6 Å². The lowest BCUT2D eigenvalue weighted by Gasteiger charge is -2.25. The Morgan fingerprint density at radius 1 is 1.34 bits per heavy atom. The Bertz CT molecular complexity index is 1200. The van der Waals surface area contributed by atoms with Gasteiger partial charge in [-0.25, -0.2) is 19.6 Å². The van der Waals surface area contributed by atoms with Gasteiger partial charge in [0.15, 0.2) is 22.0 Å². The van der Waals surface area contributed by atoms with Gasteiger partial charge >= 0.3 is 11.7 Å². The number of hydrogen-bond acceptors (Lipinski definition) is 9. The summed E-state index contributed by atoms with van der Waals surface area (Å²) in [5.41, 5.74) is -2.77. The summed E-state index contributed by atoms with van der Waals surface area (Å²) >= 11 is 1.06. The first kappa shape index (κ1) is 20.3. The molecule has 0 unspecified atom stereocenters. The summed E-state index contributed by atoms with van der Waals surface area (Å²) < 4.78 is 7.05. The van der Waals surface area contributed by atoms with Gasteiger partial charge in [0.05, 0.1) is 12.9 Å². The summed E-state index contributed by atoms with van der Waals surface area (Å²) in [6.07, 6.45) is 1.26. The Kier molecular flexibility index (Phi) is 5.24. The number of fused-ring (bicyclic) bond motifs is 1. The van der Waals surface area contributed by atoms with Gasteiger partial charge in [-0.1, -0.05) is 0 Å². The molecule has 0 radical (unpaired) electrons. The van der Waals surface area contributed by atoms with Crippen molar-refractivity contribution in [2.24, 2.45) is 0 Å². The number of ether oxygens (including phenoxy) is 1. The highest BCUT2D eigenvalue weighted by molar-refractivity contribution is 7.14. The molecule has 29 heavy (non-hydrogen) atoms. The third kappa shape index (κ3) is 3.51. The molecule has 0 fully saturated rings. The third-order valence-electron chi connectivity index (χ3n) is 4.10. The van der Waals surface area contributed by atoms with Crippen LogP contribution in [0.15, 0.2) is 21.3 Å². The van der Waals surface area contributed by atoms with Gasteiger partial charge in [0, 0.05) is 5.38 Å². The van der Waals surface area contributed by atoms with Crippen LogP contribution in [0.2, 0.25) is 0 Å². The van der Waals surface area contributed by atoms with E-state index in [2.05, 4.69) is 20.3 Å². The molecule has 3 heterocycles. The lowest BCUT2D eigenvalue weighted by atomic mass is 10.0. The molecule has 13 heteroatoms. The minimum atomic E-state index is -1.30. The number of anilines is 1. The molecule has 3 aromatic rings. The molecule has 0 saturated heterocycles. The van der Waals surface area contributed by atoms with Gasteiger partial charge in [0.25, 0.3) is 11.5 Å². The van der Waals surface area contributed by atoms with Crippen molar-refractivity contribution in [1.29, 1.82) is 0 Å². The quantitative estimate of drug-likeness (QED) is 0.525. The Hall–Kier alpha value is -3.48. The first-order chi connectivity index (χ1) is 13.7. The second-order valence-electron chi connectivity index (χ2n) is 6.29. The lowest BCUT2D eigenvalue weighted by molar-refractivity contribution is -0.123. The van der Waals surface area contributed by atoms with Gasteiger partial charge in [-0.15, -0.1) is 16.1 Å². The maximum absolute atomic E-state index is 12.9. The fraction of sp³-hybridized carbons (Fsp3) is 0.375. The van der Waals surface area contributed by atoms with Gasteiger partial charge in [0.2, 0.25) is 0 Å². The molecule has 0 aliphatic rings. The van der Waals surface area contributed by atoms with E-state index in [4.69, 9.17) is 9.57 Å². The van der Waals surface area contributed by atoms with Crippen molar-refractivity contribution in [1.82, 2.24) is 24.2 Å². The molecule has 154 valence electrons. The van der Waals surface area contributed by atoms with Crippen LogP contribution >= 0.6 is 11.3 Å². The number of nitrogens with one attached hydrogen (secondary N) is 2. The van der Waals surface area contributed by atoms with Crippen molar-refractivity contribution >= 4 is 39.5 Å². The lowest BCUT2D eigenvalue weighted by Crippen LogP contribution is -2.42. The molecule has 12 nitrogen and oxygen atoms in total. The zero-order valence-electron chi connectivity index (χ0n) is 16.0. The Morgan fingerprint density at radius 3 is 2.72 bits per heavy atom. The second kappa shape index (κ2) is 7.50. The average molecular weight is 422 g/mol. The molecule has 3 aromatic heterocycles.